The molecule has 2 aromatic carbocycles. The van der Waals surface area contributed by atoms with Gasteiger partial charge in [-0.1, -0.05) is 6.07 Å². The van der Waals surface area contributed by atoms with Crippen LogP contribution in [0.4, 0.5) is 17.1 Å². The number of anilines is 2. The normalized spacial score (nSPS) is 17.1. The fraction of sp³-hybridized carbons (Fsp3) is 0.154. The number of nitrogens with one attached hydrogen (secondary N) is 2. The molecule has 0 saturated carbocycles. The predicted molar refractivity (Wildman–Crippen MR) is 152 cm³/mol. The number of methoxy groups -OCH3 is 1. The summed E-state index contributed by atoms with van der Waals surface area (Å²) in [7, 11) is -2.13. The summed E-state index contributed by atoms with van der Waals surface area (Å²) in [5.74, 6) is 0.356. The van der Waals surface area contributed by atoms with Gasteiger partial charge in [-0.3, -0.25) is 19.8 Å². The standard InChI is InChI=1S/C26H24N6O5S2/c1-37-23-13-12-19(16-21(23)29-39(2,35)36)31-25(24(28-26(31)38)20-6-3-4-14-27-20)22-7-5-15-30(22)17-8-10-18(11-9-17)32(33)34/h3-16,24-25,29H,1-2H3,(H,28,38). The highest BCUT2D eigenvalue weighted by atomic mass is 32.2. The number of sulfonamides is 1. The van der Waals surface area contributed by atoms with E-state index in [-0.39, 0.29) is 17.4 Å². The van der Waals surface area contributed by atoms with E-state index in [1.54, 1.807) is 36.5 Å². The minimum Gasteiger partial charge on any atom is -0.495 e. The summed E-state index contributed by atoms with van der Waals surface area (Å²) in [6.45, 7) is 0. The van der Waals surface area contributed by atoms with E-state index >= 15 is 0 Å². The van der Waals surface area contributed by atoms with Crippen LogP contribution in [0.15, 0.2) is 85.2 Å². The predicted octanol–water partition coefficient (Wildman–Crippen LogP) is 4.34. The smallest absolute Gasteiger partial charge is 0.269 e. The van der Waals surface area contributed by atoms with Crippen molar-refractivity contribution in [3.8, 4) is 11.4 Å². The molecule has 2 N–H and O–H groups in total. The lowest BCUT2D eigenvalue weighted by Crippen LogP contribution is -2.30. The van der Waals surface area contributed by atoms with Crippen molar-refractivity contribution in [3.63, 3.8) is 0 Å². The number of rotatable bonds is 8. The Labute approximate surface area is 230 Å². The van der Waals surface area contributed by atoms with Crippen molar-refractivity contribution < 1.29 is 18.1 Å². The lowest BCUT2D eigenvalue weighted by Gasteiger charge is -2.29. The van der Waals surface area contributed by atoms with Crippen molar-refractivity contribution in [2.24, 2.45) is 0 Å². The Morgan fingerprint density at radius 3 is 2.46 bits per heavy atom. The zero-order valence-electron chi connectivity index (χ0n) is 20.9. The first-order chi connectivity index (χ1) is 18.7. The van der Waals surface area contributed by atoms with Crippen LogP contribution in [-0.2, 0) is 10.0 Å². The van der Waals surface area contributed by atoms with E-state index in [1.165, 1.54) is 19.2 Å². The monoisotopic (exact) mass is 564 g/mol. The summed E-state index contributed by atoms with van der Waals surface area (Å²) >= 11 is 5.80. The Bertz CT molecular complexity index is 1640. The molecular formula is C26H24N6O5S2. The Hall–Kier alpha value is -4.49. The van der Waals surface area contributed by atoms with Crippen molar-refractivity contribution >= 4 is 44.4 Å². The molecule has 2 unspecified atom stereocenters. The molecule has 1 fully saturated rings. The summed E-state index contributed by atoms with van der Waals surface area (Å²) < 4.78 is 33.9. The summed E-state index contributed by atoms with van der Waals surface area (Å²) in [6.07, 6.45) is 4.64. The van der Waals surface area contributed by atoms with Gasteiger partial charge in [-0.25, -0.2) is 8.42 Å². The lowest BCUT2D eigenvalue weighted by molar-refractivity contribution is -0.384. The van der Waals surface area contributed by atoms with Crippen molar-refractivity contribution in [3.05, 3.63) is 107 Å². The molecule has 200 valence electrons. The number of benzene rings is 2. The summed E-state index contributed by atoms with van der Waals surface area (Å²) in [4.78, 5) is 17.2. The minimum absolute atomic E-state index is 0.00621. The molecule has 0 radical (unpaired) electrons. The van der Waals surface area contributed by atoms with E-state index in [1.807, 2.05) is 46.0 Å². The van der Waals surface area contributed by atoms with Crippen LogP contribution >= 0.6 is 12.2 Å². The number of hydrogen-bond acceptors (Lipinski definition) is 7. The Kier molecular flexibility index (Phi) is 6.93. The molecule has 0 spiro atoms. The Morgan fingerprint density at radius 2 is 1.82 bits per heavy atom. The molecule has 1 aliphatic heterocycles. The quantitative estimate of drug-likeness (QED) is 0.182. The Morgan fingerprint density at radius 1 is 1.08 bits per heavy atom. The average molecular weight is 565 g/mol. The highest BCUT2D eigenvalue weighted by Crippen LogP contribution is 2.44. The summed E-state index contributed by atoms with van der Waals surface area (Å²) in [5, 5.41) is 15.0. The van der Waals surface area contributed by atoms with Crippen molar-refractivity contribution in [2.45, 2.75) is 12.1 Å². The van der Waals surface area contributed by atoms with Crippen LogP contribution in [0.5, 0.6) is 5.75 Å². The van der Waals surface area contributed by atoms with Crippen LogP contribution in [0.3, 0.4) is 0 Å². The maximum Gasteiger partial charge on any atom is 0.269 e. The first-order valence-corrected chi connectivity index (χ1v) is 14.0. The molecule has 2 atom stereocenters. The number of nitro benzene ring substituents is 1. The number of thiocarbonyl (C=S) groups is 1. The largest absolute Gasteiger partial charge is 0.495 e. The van der Waals surface area contributed by atoms with Gasteiger partial charge in [0.15, 0.2) is 5.11 Å². The zero-order valence-corrected chi connectivity index (χ0v) is 22.5. The van der Waals surface area contributed by atoms with E-state index in [4.69, 9.17) is 17.0 Å². The molecule has 1 aliphatic rings. The maximum absolute atomic E-state index is 12.0. The van der Waals surface area contributed by atoms with Crippen molar-refractivity contribution in [1.29, 1.82) is 0 Å². The molecule has 0 amide bonds. The van der Waals surface area contributed by atoms with Crippen LogP contribution in [0.25, 0.3) is 5.69 Å². The molecule has 0 bridgehead atoms. The number of nitro groups is 1. The van der Waals surface area contributed by atoms with Gasteiger partial charge in [-0.15, -0.1) is 0 Å². The van der Waals surface area contributed by atoms with E-state index in [9.17, 15) is 18.5 Å². The van der Waals surface area contributed by atoms with E-state index in [0.29, 0.717) is 16.5 Å². The van der Waals surface area contributed by atoms with Crippen LogP contribution < -0.4 is 19.7 Å². The van der Waals surface area contributed by atoms with E-state index in [0.717, 1.165) is 23.3 Å². The topological polar surface area (TPSA) is 132 Å². The molecular weight excluding hydrogens is 540 g/mol. The first-order valence-electron chi connectivity index (χ1n) is 11.7. The molecule has 5 rings (SSSR count). The first kappa shape index (κ1) is 26.1. The average Bonchev–Trinajstić information content (AvgIpc) is 3.52. The van der Waals surface area contributed by atoms with Gasteiger partial charge in [0.1, 0.15) is 11.8 Å². The maximum atomic E-state index is 12.0. The van der Waals surface area contributed by atoms with Crippen LogP contribution in [0, 0.1) is 10.1 Å². The van der Waals surface area contributed by atoms with Crippen molar-refractivity contribution in [1.82, 2.24) is 14.9 Å². The number of ether oxygens (including phenoxy) is 1. The van der Waals surface area contributed by atoms with Gasteiger partial charge in [0.25, 0.3) is 5.69 Å². The molecule has 2 aromatic heterocycles. The van der Waals surface area contributed by atoms with Gasteiger partial charge < -0.3 is 19.5 Å². The van der Waals surface area contributed by atoms with Gasteiger partial charge in [-0.05, 0) is 66.8 Å². The second-order valence-electron chi connectivity index (χ2n) is 8.83. The fourth-order valence-corrected chi connectivity index (χ4v) is 5.57. The Balaban J connectivity index is 1.65. The summed E-state index contributed by atoms with van der Waals surface area (Å²) in [5.41, 5.74) is 3.21. The fourth-order valence-electron chi connectivity index (χ4n) is 4.66. The third-order valence-electron chi connectivity index (χ3n) is 6.28. The highest BCUT2D eigenvalue weighted by Gasteiger charge is 2.42. The van der Waals surface area contributed by atoms with E-state index in [2.05, 4.69) is 15.0 Å². The molecule has 4 aromatic rings. The molecule has 1 saturated heterocycles. The van der Waals surface area contributed by atoms with Crippen LogP contribution in [-0.4, -0.2) is 41.4 Å². The minimum atomic E-state index is -3.59. The highest BCUT2D eigenvalue weighted by molar-refractivity contribution is 7.92. The SMILES string of the molecule is COc1ccc(N2C(=S)NC(c3ccccn3)C2c2cccn2-c2ccc([N+](=O)[O-])cc2)cc1NS(C)(=O)=O. The molecule has 13 heteroatoms. The third-order valence-corrected chi connectivity index (χ3v) is 7.18. The number of aromatic nitrogens is 2. The number of hydrogen-bond donors (Lipinski definition) is 2. The molecule has 39 heavy (non-hydrogen) atoms. The molecule has 3 heterocycles. The lowest BCUT2D eigenvalue weighted by atomic mass is 10.0. The number of nitrogens with zero attached hydrogens (tertiary/aromatic N) is 4. The van der Waals surface area contributed by atoms with Gasteiger partial charge in [-0.2, -0.15) is 0 Å². The molecule has 0 aliphatic carbocycles. The van der Waals surface area contributed by atoms with E-state index < -0.39 is 21.0 Å². The van der Waals surface area contributed by atoms with Crippen LogP contribution in [0.1, 0.15) is 23.5 Å². The second kappa shape index (κ2) is 10.3. The summed E-state index contributed by atoms with van der Waals surface area (Å²) in [6, 6.07) is 20.1. The van der Waals surface area contributed by atoms with Gasteiger partial charge in [0.2, 0.25) is 10.0 Å². The number of pyridine rings is 1. The second-order valence-corrected chi connectivity index (χ2v) is 11.0. The van der Waals surface area contributed by atoms with Gasteiger partial charge in [0, 0.05) is 41.6 Å². The van der Waals surface area contributed by atoms with Gasteiger partial charge in [0.05, 0.1) is 35.7 Å². The third kappa shape index (κ3) is 5.26. The molecule has 11 nitrogen and oxygen atoms in total. The van der Waals surface area contributed by atoms with Crippen molar-refractivity contribution in [2.75, 3.05) is 23.0 Å². The van der Waals surface area contributed by atoms with Gasteiger partial charge >= 0.3 is 0 Å². The zero-order chi connectivity index (χ0) is 27.7. The van der Waals surface area contributed by atoms with Crippen LogP contribution in [0.2, 0.25) is 0 Å². The number of non-ortho nitro benzene ring substituents is 1.